The molecule has 98 valence electrons. The Morgan fingerprint density at radius 1 is 1.00 bits per heavy atom. The van der Waals surface area contributed by atoms with Crippen LogP contribution in [0.4, 0.5) is 0 Å². The number of fused-ring (bicyclic) bond motifs is 1. The van der Waals surface area contributed by atoms with Crippen LogP contribution in [0.15, 0.2) is 0 Å². The lowest BCUT2D eigenvalue weighted by Gasteiger charge is -2.39. The fraction of sp³-hybridized carbons (Fsp3) is 1.00. The minimum absolute atomic E-state index is 0.374. The molecule has 3 fully saturated rings. The first kappa shape index (κ1) is 12.3. The lowest BCUT2D eigenvalue weighted by atomic mass is 9.94. The number of nitrogens with one attached hydrogen (secondary N) is 5. The minimum Gasteiger partial charge on any atom is -0.298 e. The van der Waals surface area contributed by atoms with Gasteiger partial charge in [-0.15, -0.1) is 0 Å². The van der Waals surface area contributed by atoms with Crippen LogP contribution in [0.3, 0.4) is 0 Å². The van der Waals surface area contributed by atoms with E-state index < -0.39 is 0 Å². The number of rotatable bonds is 2. The molecule has 0 radical (unpaired) electrons. The van der Waals surface area contributed by atoms with Crippen LogP contribution >= 0.6 is 15.9 Å². The molecule has 5 N–H and O–H groups in total. The van der Waals surface area contributed by atoms with Crippen LogP contribution < -0.4 is 26.6 Å². The van der Waals surface area contributed by atoms with Gasteiger partial charge in [-0.1, -0.05) is 22.4 Å². The monoisotopic (exact) mass is 303 g/mol. The fourth-order valence-corrected chi connectivity index (χ4v) is 3.92. The highest BCUT2D eigenvalue weighted by Crippen LogP contribution is 2.24. The predicted octanol–water partition coefficient (Wildman–Crippen LogP) is -0.396. The molecule has 3 aliphatic rings. The van der Waals surface area contributed by atoms with Crippen molar-refractivity contribution in [2.75, 3.05) is 13.3 Å². The van der Waals surface area contributed by atoms with E-state index in [1.54, 1.807) is 0 Å². The van der Waals surface area contributed by atoms with Crippen molar-refractivity contribution < 1.29 is 0 Å². The van der Waals surface area contributed by atoms with Gasteiger partial charge in [-0.05, 0) is 19.3 Å². The van der Waals surface area contributed by atoms with Crippen molar-refractivity contribution in [2.24, 2.45) is 0 Å². The number of halogens is 1. The van der Waals surface area contributed by atoms with Crippen LogP contribution in [-0.2, 0) is 0 Å². The molecule has 2 aliphatic heterocycles. The van der Waals surface area contributed by atoms with Crippen molar-refractivity contribution in [1.82, 2.24) is 26.6 Å². The standard InChI is InChI=1S/C11H22BrN5/c12-7-2-1-3-8(4-7)17-11-9-10(14-5-13-9)15-6-16-11/h7-11,13-17H,1-6H2. The van der Waals surface area contributed by atoms with Gasteiger partial charge in [-0.25, -0.2) is 0 Å². The molecule has 5 nitrogen and oxygen atoms in total. The Morgan fingerprint density at radius 2 is 1.82 bits per heavy atom. The molecule has 5 atom stereocenters. The molecule has 0 amide bonds. The maximum absolute atomic E-state index is 3.78. The molecule has 5 unspecified atom stereocenters. The summed E-state index contributed by atoms with van der Waals surface area (Å²) in [5.74, 6) is 0. The molecule has 6 heteroatoms. The van der Waals surface area contributed by atoms with E-state index in [0.717, 1.165) is 13.3 Å². The highest BCUT2D eigenvalue weighted by molar-refractivity contribution is 9.09. The normalized spacial score (nSPS) is 46.8. The minimum atomic E-state index is 0.374. The number of hydrogen-bond donors (Lipinski definition) is 5. The van der Waals surface area contributed by atoms with Gasteiger partial charge >= 0.3 is 0 Å². The lowest BCUT2D eigenvalue weighted by molar-refractivity contribution is 0.205. The predicted molar refractivity (Wildman–Crippen MR) is 71.7 cm³/mol. The van der Waals surface area contributed by atoms with Crippen LogP contribution in [0.5, 0.6) is 0 Å². The van der Waals surface area contributed by atoms with E-state index in [1.807, 2.05) is 0 Å². The molecule has 0 bridgehead atoms. The fourth-order valence-electron chi connectivity index (χ4n) is 3.14. The van der Waals surface area contributed by atoms with Crippen molar-refractivity contribution in [2.45, 2.75) is 54.9 Å². The van der Waals surface area contributed by atoms with E-state index in [0.29, 0.717) is 29.2 Å². The van der Waals surface area contributed by atoms with Crippen LogP contribution in [-0.4, -0.2) is 42.6 Å². The summed E-state index contributed by atoms with van der Waals surface area (Å²) in [6.45, 7) is 1.77. The Kier molecular flexibility index (Phi) is 3.99. The highest BCUT2D eigenvalue weighted by Gasteiger charge is 2.37. The Bertz CT molecular complexity index is 264. The summed E-state index contributed by atoms with van der Waals surface area (Å²) >= 11 is 3.75. The second-order valence-corrected chi connectivity index (χ2v) is 6.57. The summed E-state index contributed by atoms with van der Waals surface area (Å²) in [5, 5.41) is 17.6. The molecule has 2 saturated heterocycles. The SMILES string of the molecule is BrC1CCCC(NC2NCNC3NCNC32)C1. The first-order valence-electron chi connectivity index (χ1n) is 6.66. The Labute approximate surface area is 111 Å². The third-order valence-corrected chi connectivity index (χ3v) is 4.88. The van der Waals surface area contributed by atoms with Crippen LogP contribution in [0.2, 0.25) is 0 Å². The van der Waals surface area contributed by atoms with Gasteiger partial charge in [0.1, 0.15) is 0 Å². The van der Waals surface area contributed by atoms with E-state index in [9.17, 15) is 0 Å². The van der Waals surface area contributed by atoms with Crippen molar-refractivity contribution in [3.05, 3.63) is 0 Å². The van der Waals surface area contributed by atoms with E-state index >= 15 is 0 Å². The Hall–Kier alpha value is 0.280. The van der Waals surface area contributed by atoms with Gasteiger partial charge in [-0.2, -0.15) is 0 Å². The van der Waals surface area contributed by atoms with Crippen molar-refractivity contribution in [1.29, 1.82) is 0 Å². The maximum Gasteiger partial charge on any atom is 0.0778 e. The summed E-state index contributed by atoms with van der Waals surface area (Å²) in [7, 11) is 0. The summed E-state index contributed by atoms with van der Waals surface area (Å²) in [6.07, 6.45) is 5.98. The van der Waals surface area contributed by atoms with E-state index in [-0.39, 0.29) is 0 Å². The van der Waals surface area contributed by atoms with Gasteiger partial charge in [0, 0.05) is 24.2 Å². The average Bonchev–Trinajstić information content (AvgIpc) is 2.78. The second-order valence-electron chi connectivity index (χ2n) is 5.28. The molecule has 1 saturated carbocycles. The largest absolute Gasteiger partial charge is 0.298 e. The topological polar surface area (TPSA) is 60.1 Å². The second kappa shape index (κ2) is 5.50. The maximum atomic E-state index is 3.78. The summed E-state index contributed by atoms with van der Waals surface area (Å²) in [5.41, 5.74) is 0. The quantitative estimate of drug-likeness (QED) is 0.450. The number of alkyl halides is 1. The molecular weight excluding hydrogens is 282 g/mol. The average molecular weight is 304 g/mol. The first-order valence-corrected chi connectivity index (χ1v) is 7.58. The Morgan fingerprint density at radius 3 is 2.65 bits per heavy atom. The van der Waals surface area contributed by atoms with Crippen LogP contribution in [0, 0.1) is 0 Å². The molecule has 1 aliphatic carbocycles. The summed E-state index contributed by atoms with van der Waals surface area (Å²) < 4.78 is 0. The molecule has 0 spiro atoms. The third-order valence-electron chi connectivity index (χ3n) is 4.05. The first-order chi connectivity index (χ1) is 8.33. The molecular formula is C11H22BrN5. The summed E-state index contributed by atoms with van der Waals surface area (Å²) in [4.78, 5) is 0.695. The van der Waals surface area contributed by atoms with E-state index in [4.69, 9.17) is 0 Å². The van der Waals surface area contributed by atoms with Gasteiger partial charge in [0.2, 0.25) is 0 Å². The molecule has 3 rings (SSSR count). The smallest absolute Gasteiger partial charge is 0.0778 e. The third kappa shape index (κ3) is 2.83. The van der Waals surface area contributed by atoms with Gasteiger partial charge < -0.3 is 0 Å². The van der Waals surface area contributed by atoms with Crippen molar-refractivity contribution in [3.63, 3.8) is 0 Å². The van der Waals surface area contributed by atoms with Crippen molar-refractivity contribution >= 4 is 15.9 Å². The van der Waals surface area contributed by atoms with Crippen molar-refractivity contribution in [3.8, 4) is 0 Å². The zero-order chi connectivity index (χ0) is 11.7. The highest BCUT2D eigenvalue weighted by atomic mass is 79.9. The number of hydrogen-bond acceptors (Lipinski definition) is 5. The molecule has 0 aromatic heterocycles. The zero-order valence-electron chi connectivity index (χ0n) is 10.0. The van der Waals surface area contributed by atoms with Gasteiger partial charge in [-0.3, -0.25) is 26.6 Å². The van der Waals surface area contributed by atoms with Gasteiger partial charge in [0.15, 0.2) is 0 Å². The van der Waals surface area contributed by atoms with Crippen LogP contribution in [0.1, 0.15) is 25.7 Å². The molecule has 0 aromatic carbocycles. The van der Waals surface area contributed by atoms with Crippen LogP contribution in [0.25, 0.3) is 0 Å². The van der Waals surface area contributed by atoms with Gasteiger partial charge in [0.05, 0.1) is 18.4 Å². The van der Waals surface area contributed by atoms with E-state index in [2.05, 4.69) is 42.5 Å². The molecule has 0 aromatic rings. The Balaban J connectivity index is 1.56. The molecule has 17 heavy (non-hydrogen) atoms. The molecule has 2 heterocycles. The lowest BCUT2D eigenvalue weighted by Crippen LogP contribution is -2.69. The van der Waals surface area contributed by atoms with Gasteiger partial charge in [0.25, 0.3) is 0 Å². The summed E-state index contributed by atoms with van der Waals surface area (Å²) in [6, 6.07) is 1.09. The zero-order valence-corrected chi connectivity index (χ0v) is 11.6. The van der Waals surface area contributed by atoms with E-state index in [1.165, 1.54) is 25.7 Å².